The van der Waals surface area contributed by atoms with E-state index >= 15 is 0 Å². The third-order valence-corrected chi connectivity index (χ3v) is 6.65. The molecule has 0 atom stereocenters. The monoisotopic (exact) mass is 421 g/mol. The maximum absolute atomic E-state index is 5.04. The number of aromatic nitrogens is 5. The summed E-state index contributed by atoms with van der Waals surface area (Å²) >= 11 is 0. The van der Waals surface area contributed by atoms with Crippen LogP contribution < -0.4 is 0 Å². The fourth-order valence-electron chi connectivity index (χ4n) is 5.33. The first-order chi connectivity index (χ1) is 16.4. The van der Waals surface area contributed by atoms with E-state index in [2.05, 4.69) is 93.2 Å². The van der Waals surface area contributed by atoms with E-state index < -0.39 is 0 Å². The van der Waals surface area contributed by atoms with Crippen LogP contribution in [0.1, 0.15) is 0 Å². The van der Waals surface area contributed by atoms with Gasteiger partial charge in [0.1, 0.15) is 5.52 Å². The Kier molecular flexibility index (Phi) is 3.08. The third-order valence-electron chi connectivity index (χ3n) is 6.65. The Hall–Kier alpha value is -4.64. The molecular weight excluding hydrogens is 406 g/mol. The highest BCUT2D eigenvalue weighted by atomic mass is 15.1. The van der Waals surface area contributed by atoms with Crippen molar-refractivity contribution in [3.63, 3.8) is 0 Å². The largest absolute Gasteiger partial charge is 0.292 e. The van der Waals surface area contributed by atoms with Crippen LogP contribution in [0.25, 0.3) is 71.2 Å². The van der Waals surface area contributed by atoms with E-state index in [-0.39, 0.29) is 0 Å². The van der Waals surface area contributed by atoms with Gasteiger partial charge in [-0.05, 0) is 33.7 Å². The highest BCUT2D eigenvalue weighted by Gasteiger charge is 2.20. The minimum Gasteiger partial charge on any atom is -0.292 e. The second-order valence-corrected chi connectivity index (χ2v) is 8.36. The molecule has 0 amide bonds. The van der Waals surface area contributed by atoms with Crippen molar-refractivity contribution in [2.24, 2.45) is 0 Å². The van der Waals surface area contributed by atoms with Crippen LogP contribution in [0.4, 0.5) is 0 Å². The van der Waals surface area contributed by atoms with Crippen molar-refractivity contribution in [1.29, 1.82) is 0 Å². The summed E-state index contributed by atoms with van der Waals surface area (Å²) in [4.78, 5) is 18.9. The highest BCUT2D eigenvalue weighted by Crippen LogP contribution is 2.42. The molecule has 8 rings (SSSR count). The Morgan fingerprint density at radius 3 is 1.91 bits per heavy atom. The maximum atomic E-state index is 5.04. The molecule has 5 heteroatoms. The van der Waals surface area contributed by atoms with Gasteiger partial charge in [-0.25, -0.2) is 19.9 Å². The van der Waals surface area contributed by atoms with Crippen LogP contribution in [0.5, 0.6) is 0 Å². The number of fused-ring (bicyclic) bond motifs is 14. The van der Waals surface area contributed by atoms with Crippen molar-refractivity contribution in [2.75, 3.05) is 0 Å². The lowest BCUT2D eigenvalue weighted by atomic mass is 9.94. The zero-order valence-electron chi connectivity index (χ0n) is 17.4. The molecule has 0 saturated heterocycles. The molecule has 0 aliphatic carbocycles. The fraction of sp³-hybridized carbons (Fsp3) is 0. The summed E-state index contributed by atoms with van der Waals surface area (Å²) in [6.07, 6.45) is 3.33. The van der Waals surface area contributed by atoms with Crippen LogP contribution in [-0.2, 0) is 0 Å². The van der Waals surface area contributed by atoms with Crippen molar-refractivity contribution in [1.82, 2.24) is 24.3 Å². The van der Waals surface area contributed by atoms with Gasteiger partial charge in [-0.1, -0.05) is 66.7 Å². The number of rotatable bonds is 0. The van der Waals surface area contributed by atoms with Crippen molar-refractivity contribution in [2.45, 2.75) is 0 Å². The minimum atomic E-state index is 0.550. The van der Waals surface area contributed by atoms with E-state index in [0.29, 0.717) is 11.3 Å². The molecule has 0 unspecified atom stereocenters. The smallest absolute Gasteiger partial charge is 0.199 e. The molecule has 0 N–H and O–H groups in total. The molecule has 0 saturated carbocycles. The van der Waals surface area contributed by atoms with E-state index in [1.807, 2.05) is 0 Å². The van der Waals surface area contributed by atoms with Gasteiger partial charge in [-0.3, -0.25) is 4.40 Å². The number of para-hydroxylation sites is 1. The van der Waals surface area contributed by atoms with Crippen molar-refractivity contribution < 1.29 is 0 Å². The minimum absolute atomic E-state index is 0.550. The molecule has 4 aromatic heterocycles. The lowest BCUT2D eigenvalue weighted by Crippen LogP contribution is -2.00. The molecule has 0 radical (unpaired) electrons. The Balaban J connectivity index is 1.84. The summed E-state index contributed by atoms with van der Waals surface area (Å²) in [5.74, 6) is 0. The van der Waals surface area contributed by atoms with Crippen molar-refractivity contribution in [3.8, 4) is 0 Å². The summed E-state index contributed by atoms with van der Waals surface area (Å²) in [7, 11) is 0. The Bertz CT molecular complexity index is 2090. The summed E-state index contributed by atoms with van der Waals surface area (Å²) in [6, 6.07) is 27.9. The average Bonchev–Trinajstić information content (AvgIpc) is 3.27. The Morgan fingerprint density at radius 2 is 1.15 bits per heavy atom. The van der Waals surface area contributed by atoms with Gasteiger partial charge < -0.3 is 0 Å². The number of pyridine rings is 1. The van der Waals surface area contributed by atoms with Gasteiger partial charge in [0.05, 0.1) is 11.0 Å². The van der Waals surface area contributed by atoms with E-state index in [1.54, 1.807) is 12.4 Å². The second-order valence-electron chi connectivity index (χ2n) is 8.36. The van der Waals surface area contributed by atoms with Gasteiger partial charge in [0.2, 0.25) is 0 Å². The van der Waals surface area contributed by atoms with Crippen LogP contribution in [0.2, 0.25) is 0 Å². The quantitative estimate of drug-likeness (QED) is 0.209. The molecule has 0 fully saturated rings. The molecule has 4 aromatic carbocycles. The standard InChI is InChI=1S/C28H15N5/c1-6-12-21-16(7-1)15-22-23-19-10-4-2-8-17(19)18-9-3-5-11-20(18)24(23)25-28(33(21)22)32-27-26(31-25)29-13-14-30-27/h1-15H. The normalized spacial score (nSPS) is 12.2. The van der Waals surface area contributed by atoms with E-state index in [4.69, 9.17) is 9.97 Å². The SMILES string of the molecule is c1ccc2c(c1)cc1c3c4ccccc4c4ccccc4c3c3nc4nccnc4nc3n21. The highest BCUT2D eigenvalue weighted by molar-refractivity contribution is 6.34. The summed E-state index contributed by atoms with van der Waals surface area (Å²) in [6.45, 7) is 0. The number of hydrogen-bond donors (Lipinski definition) is 0. The van der Waals surface area contributed by atoms with Gasteiger partial charge in [-0.2, -0.15) is 0 Å². The summed E-state index contributed by atoms with van der Waals surface area (Å²) < 4.78 is 2.23. The van der Waals surface area contributed by atoms with Crippen molar-refractivity contribution in [3.05, 3.63) is 91.3 Å². The number of benzene rings is 4. The molecule has 0 spiro atoms. The first-order valence-electron chi connectivity index (χ1n) is 10.9. The molecular formula is C28H15N5. The number of nitrogens with zero attached hydrogens (tertiary/aromatic N) is 5. The van der Waals surface area contributed by atoms with Crippen molar-refractivity contribution >= 4 is 71.2 Å². The van der Waals surface area contributed by atoms with Crippen LogP contribution in [0.3, 0.4) is 0 Å². The third kappa shape index (κ3) is 2.11. The van der Waals surface area contributed by atoms with Gasteiger partial charge in [0.15, 0.2) is 16.9 Å². The molecule has 152 valence electrons. The first kappa shape index (κ1) is 17.0. The Morgan fingerprint density at radius 1 is 0.545 bits per heavy atom. The fourth-order valence-corrected chi connectivity index (χ4v) is 5.33. The second kappa shape index (κ2) is 5.99. The predicted molar refractivity (Wildman–Crippen MR) is 134 cm³/mol. The lowest BCUT2D eigenvalue weighted by Gasteiger charge is -2.15. The van der Waals surface area contributed by atoms with Gasteiger partial charge in [0, 0.05) is 28.6 Å². The maximum Gasteiger partial charge on any atom is 0.199 e. The predicted octanol–water partition coefficient (Wildman–Crippen LogP) is 6.44. The Labute approximate surface area is 187 Å². The first-order valence-corrected chi connectivity index (χ1v) is 10.9. The van der Waals surface area contributed by atoms with E-state index in [1.165, 1.54) is 32.3 Å². The van der Waals surface area contributed by atoms with E-state index in [0.717, 1.165) is 27.6 Å². The van der Waals surface area contributed by atoms with Crippen LogP contribution in [0, 0.1) is 0 Å². The molecule has 5 nitrogen and oxygen atoms in total. The van der Waals surface area contributed by atoms with Crippen LogP contribution >= 0.6 is 0 Å². The van der Waals surface area contributed by atoms with Crippen LogP contribution in [0.15, 0.2) is 91.3 Å². The van der Waals surface area contributed by atoms with Crippen LogP contribution in [-0.4, -0.2) is 24.3 Å². The zero-order chi connectivity index (χ0) is 21.5. The van der Waals surface area contributed by atoms with Gasteiger partial charge >= 0.3 is 0 Å². The zero-order valence-corrected chi connectivity index (χ0v) is 17.4. The molecule has 0 aliphatic rings. The van der Waals surface area contributed by atoms with Gasteiger partial charge in [0.25, 0.3) is 0 Å². The topological polar surface area (TPSA) is 56.0 Å². The summed E-state index contributed by atoms with van der Waals surface area (Å²) in [5.41, 5.74) is 4.97. The molecule has 8 aromatic rings. The number of hydrogen-bond acceptors (Lipinski definition) is 4. The lowest BCUT2D eigenvalue weighted by molar-refractivity contribution is 1.17. The molecule has 0 bridgehead atoms. The van der Waals surface area contributed by atoms with Gasteiger partial charge in [-0.15, -0.1) is 0 Å². The molecule has 33 heavy (non-hydrogen) atoms. The molecule has 0 aliphatic heterocycles. The molecule has 4 heterocycles. The average molecular weight is 421 g/mol. The summed E-state index contributed by atoms with van der Waals surface area (Å²) in [5, 5.41) is 8.29. The van der Waals surface area contributed by atoms with E-state index in [9.17, 15) is 0 Å².